The Hall–Kier alpha value is -4.26. The van der Waals surface area contributed by atoms with Gasteiger partial charge in [-0.1, -0.05) is 56.3 Å². The molecule has 0 radical (unpaired) electrons. The fraction of sp³-hybridized carbons (Fsp3) is 0.185. The smallest absolute Gasteiger partial charge is 0.278 e. The van der Waals surface area contributed by atoms with Crippen LogP contribution in [-0.2, 0) is 16.1 Å². The van der Waals surface area contributed by atoms with E-state index in [4.69, 9.17) is 0 Å². The van der Waals surface area contributed by atoms with Crippen molar-refractivity contribution in [2.75, 3.05) is 10.6 Å². The fourth-order valence-electron chi connectivity index (χ4n) is 3.67. The van der Waals surface area contributed by atoms with E-state index >= 15 is 0 Å². The molecule has 0 saturated carbocycles. The van der Waals surface area contributed by atoms with Crippen LogP contribution in [-0.4, -0.2) is 21.4 Å². The second kappa shape index (κ2) is 9.70. The van der Waals surface area contributed by atoms with Gasteiger partial charge >= 0.3 is 0 Å². The predicted molar refractivity (Wildman–Crippen MR) is 135 cm³/mol. The molecular formula is C27H26N4O3. The van der Waals surface area contributed by atoms with E-state index in [1.54, 1.807) is 62.4 Å². The highest BCUT2D eigenvalue weighted by molar-refractivity contribution is 5.96. The average Bonchev–Trinajstić information content (AvgIpc) is 2.81. The Bertz CT molecular complexity index is 1440. The third kappa shape index (κ3) is 4.88. The highest BCUT2D eigenvalue weighted by atomic mass is 16.2. The van der Waals surface area contributed by atoms with E-state index in [1.807, 2.05) is 31.2 Å². The lowest BCUT2D eigenvalue weighted by atomic mass is 10.1. The van der Waals surface area contributed by atoms with Gasteiger partial charge in [0.15, 0.2) is 0 Å². The van der Waals surface area contributed by atoms with Crippen LogP contribution in [0.25, 0.3) is 22.3 Å². The number of para-hydroxylation sites is 3. The summed E-state index contributed by atoms with van der Waals surface area (Å²) in [7, 11) is 0. The lowest BCUT2D eigenvalue weighted by Crippen LogP contribution is -2.30. The first kappa shape index (κ1) is 22.9. The van der Waals surface area contributed by atoms with Crippen molar-refractivity contribution in [3.63, 3.8) is 0 Å². The Balaban J connectivity index is 1.78. The van der Waals surface area contributed by atoms with Gasteiger partial charge in [-0.05, 0) is 42.8 Å². The summed E-state index contributed by atoms with van der Waals surface area (Å²) in [4.78, 5) is 43.4. The summed E-state index contributed by atoms with van der Waals surface area (Å²) in [6.45, 7) is 5.36. The molecule has 172 valence electrons. The van der Waals surface area contributed by atoms with Crippen LogP contribution < -0.4 is 16.2 Å². The number of anilines is 2. The van der Waals surface area contributed by atoms with E-state index in [1.165, 1.54) is 4.57 Å². The quantitative estimate of drug-likeness (QED) is 0.445. The van der Waals surface area contributed by atoms with E-state index in [2.05, 4.69) is 15.6 Å². The van der Waals surface area contributed by atoms with Gasteiger partial charge in [-0.2, -0.15) is 0 Å². The highest BCUT2D eigenvalue weighted by Gasteiger charge is 2.19. The van der Waals surface area contributed by atoms with E-state index in [0.29, 0.717) is 28.0 Å². The summed E-state index contributed by atoms with van der Waals surface area (Å²) in [5.41, 5.74) is 3.57. The molecule has 1 aromatic heterocycles. The van der Waals surface area contributed by atoms with Crippen molar-refractivity contribution >= 4 is 34.2 Å². The fourth-order valence-corrected chi connectivity index (χ4v) is 3.67. The Kier molecular flexibility index (Phi) is 6.54. The minimum Gasteiger partial charge on any atom is -0.325 e. The first-order chi connectivity index (χ1) is 16.3. The number of benzene rings is 3. The molecule has 7 heteroatoms. The monoisotopic (exact) mass is 454 g/mol. The number of carbonyl (C=O) groups is 2. The molecule has 2 amide bonds. The number of rotatable bonds is 6. The largest absolute Gasteiger partial charge is 0.325 e. The zero-order chi connectivity index (χ0) is 24.2. The van der Waals surface area contributed by atoms with Gasteiger partial charge in [-0.3, -0.25) is 19.0 Å². The van der Waals surface area contributed by atoms with E-state index in [-0.39, 0.29) is 30.0 Å². The maximum absolute atomic E-state index is 13.6. The zero-order valence-electron chi connectivity index (χ0n) is 19.3. The van der Waals surface area contributed by atoms with Crippen molar-refractivity contribution in [1.29, 1.82) is 0 Å². The van der Waals surface area contributed by atoms with Crippen LogP contribution in [0.4, 0.5) is 11.4 Å². The Morgan fingerprint density at radius 1 is 0.941 bits per heavy atom. The molecule has 3 aromatic carbocycles. The van der Waals surface area contributed by atoms with Crippen LogP contribution in [0.5, 0.6) is 0 Å². The molecule has 0 bridgehead atoms. The lowest BCUT2D eigenvalue weighted by molar-refractivity contribution is -0.119. The molecule has 34 heavy (non-hydrogen) atoms. The first-order valence-electron chi connectivity index (χ1n) is 11.1. The molecule has 0 aliphatic rings. The second-order valence-electron chi connectivity index (χ2n) is 8.45. The standard InChI is InChI=1S/C27H26N4O3/c1-17(2)26(33)30-21-12-5-4-11-20(21)25-27(34)31(23-14-7-6-13-22(23)29-25)16-24(32)28-19-10-8-9-18(3)15-19/h4-15,17H,16H2,1-3H3,(H,28,32)(H,30,33). The SMILES string of the molecule is Cc1cccc(NC(=O)Cn2c(=O)c(-c3ccccc3NC(=O)C(C)C)nc3ccccc32)c1. The Morgan fingerprint density at radius 2 is 1.68 bits per heavy atom. The molecule has 1 heterocycles. The summed E-state index contributed by atoms with van der Waals surface area (Å²) in [5, 5.41) is 5.73. The number of carbonyl (C=O) groups excluding carboxylic acids is 2. The molecule has 0 aliphatic heterocycles. The van der Waals surface area contributed by atoms with Gasteiger partial charge in [0.1, 0.15) is 12.2 Å². The number of nitrogens with one attached hydrogen (secondary N) is 2. The third-order valence-electron chi connectivity index (χ3n) is 5.42. The normalized spacial score (nSPS) is 10.9. The summed E-state index contributed by atoms with van der Waals surface area (Å²) >= 11 is 0. The molecule has 4 aromatic rings. The number of fused-ring (bicyclic) bond motifs is 1. The van der Waals surface area contributed by atoms with Gasteiger partial charge in [-0.25, -0.2) is 4.98 Å². The molecule has 0 fully saturated rings. The average molecular weight is 455 g/mol. The molecule has 4 rings (SSSR count). The van der Waals surface area contributed by atoms with E-state index in [9.17, 15) is 14.4 Å². The predicted octanol–water partition coefficient (Wildman–Crippen LogP) is 4.61. The number of aryl methyl sites for hydroxylation is 1. The number of hydrogen-bond acceptors (Lipinski definition) is 4. The van der Waals surface area contributed by atoms with Gasteiger partial charge < -0.3 is 10.6 Å². The lowest BCUT2D eigenvalue weighted by Gasteiger charge is -2.15. The second-order valence-corrected chi connectivity index (χ2v) is 8.45. The van der Waals surface area contributed by atoms with Crippen molar-refractivity contribution in [1.82, 2.24) is 9.55 Å². The number of nitrogens with zero attached hydrogens (tertiary/aromatic N) is 2. The summed E-state index contributed by atoms with van der Waals surface area (Å²) in [6.07, 6.45) is 0. The van der Waals surface area contributed by atoms with Crippen LogP contribution in [0.15, 0.2) is 77.6 Å². The minimum atomic E-state index is -0.413. The van der Waals surface area contributed by atoms with Gasteiger partial charge in [0.05, 0.1) is 16.7 Å². The Labute approximate surface area is 197 Å². The summed E-state index contributed by atoms with van der Waals surface area (Å²) < 4.78 is 1.42. The zero-order valence-corrected chi connectivity index (χ0v) is 19.3. The molecule has 0 saturated heterocycles. The van der Waals surface area contributed by atoms with Crippen molar-refractivity contribution in [2.24, 2.45) is 5.92 Å². The van der Waals surface area contributed by atoms with E-state index in [0.717, 1.165) is 5.56 Å². The number of hydrogen-bond donors (Lipinski definition) is 2. The van der Waals surface area contributed by atoms with Crippen molar-refractivity contribution in [3.8, 4) is 11.3 Å². The van der Waals surface area contributed by atoms with Gasteiger partial charge in [0.25, 0.3) is 5.56 Å². The summed E-state index contributed by atoms with van der Waals surface area (Å²) in [6, 6.07) is 21.7. The van der Waals surface area contributed by atoms with Crippen molar-refractivity contribution < 1.29 is 9.59 Å². The van der Waals surface area contributed by atoms with Crippen LogP contribution in [0.2, 0.25) is 0 Å². The maximum atomic E-state index is 13.6. The maximum Gasteiger partial charge on any atom is 0.278 e. The van der Waals surface area contributed by atoms with Crippen LogP contribution in [0.1, 0.15) is 19.4 Å². The third-order valence-corrected chi connectivity index (χ3v) is 5.42. The van der Waals surface area contributed by atoms with E-state index < -0.39 is 5.56 Å². The molecule has 7 nitrogen and oxygen atoms in total. The van der Waals surface area contributed by atoms with Crippen molar-refractivity contribution in [3.05, 3.63) is 88.7 Å². The minimum absolute atomic E-state index is 0.161. The molecule has 0 unspecified atom stereocenters. The van der Waals surface area contributed by atoms with Crippen LogP contribution >= 0.6 is 0 Å². The van der Waals surface area contributed by atoms with Crippen LogP contribution in [0.3, 0.4) is 0 Å². The molecule has 0 atom stereocenters. The Morgan fingerprint density at radius 3 is 2.44 bits per heavy atom. The molecule has 0 aliphatic carbocycles. The van der Waals surface area contributed by atoms with Crippen molar-refractivity contribution in [2.45, 2.75) is 27.3 Å². The van der Waals surface area contributed by atoms with Gasteiger partial charge in [0.2, 0.25) is 11.8 Å². The van der Waals surface area contributed by atoms with Gasteiger partial charge in [-0.15, -0.1) is 0 Å². The van der Waals surface area contributed by atoms with Gasteiger partial charge in [0, 0.05) is 17.2 Å². The number of amides is 2. The molecule has 0 spiro atoms. The highest BCUT2D eigenvalue weighted by Crippen LogP contribution is 2.26. The molecular weight excluding hydrogens is 428 g/mol. The number of aromatic nitrogens is 2. The topological polar surface area (TPSA) is 93.1 Å². The van der Waals surface area contributed by atoms with Crippen LogP contribution in [0, 0.1) is 12.8 Å². The summed E-state index contributed by atoms with van der Waals surface area (Å²) in [5.74, 6) is -0.706. The molecule has 2 N–H and O–H groups in total. The first-order valence-corrected chi connectivity index (χ1v) is 11.1.